The first-order valence-electron chi connectivity index (χ1n) is 5.96. The second-order valence-electron chi connectivity index (χ2n) is 4.21. The largest absolute Gasteiger partial charge is 0.478 e. The van der Waals surface area contributed by atoms with Crippen molar-refractivity contribution >= 4 is 17.7 Å². The van der Waals surface area contributed by atoms with Crippen LogP contribution < -0.4 is 10.6 Å². The highest BCUT2D eigenvalue weighted by Crippen LogP contribution is 2.19. The molecule has 3 N–H and O–H groups in total. The topological polar surface area (TPSA) is 104 Å². The minimum Gasteiger partial charge on any atom is -0.478 e. The number of benzene rings is 1. The van der Waals surface area contributed by atoms with Gasteiger partial charge < -0.3 is 20.3 Å². The normalized spacial score (nSPS) is 10.2. The van der Waals surface area contributed by atoms with Crippen LogP contribution in [0.15, 0.2) is 28.8 Å². The second kappa shape index (κ2) is 6.04. The molecule has 0 unspecified atom stereocenters. The highest BCUT2D eigenvalue weighted by atomic mass is 19.1. The van der Waals surface area contributed by atoms with E-state index in [1.54, 1.807) is 13.0 Å². The van der Waals surface area contributed by atoms with E-state index in [4.69, 9.17) is 9.63 Å². The third-order valence-corrected chi connectivity index (χ3v) is 2.58. The summed E-state index contributed by atoms with van der Waals surface area (Å²) in [7, 11) is 0. The smallest absolute Gasteiger partial charge is 0.337 e. The van der Waals surface area contributed by atoms with Gasteiger partial charge in [-0.25, -0.2) is 14.0 Å². The van der Waals surface area contributed by atoms with Gasteiger partial charge in [0.15, 0.2) is 5.76 Å². The van der Waals surface area contributed by atoms with Crippen LogP contribution in [0.3, 0.4) is 0 Å². The van der Waals surface area contributed by atoms with Gasteiger partial charge in [0.05, 0.1) is 23.5 Å². The number of aromatic nitrogens is 1. The second-order valence-corrected chi connectivity index (χ2v) is 4.21. The predicted molar refractivity (Wildman–Crippen MR) is 70.5 cm³/mol. The number of nitrogens with zero attached hydrogens (tertiary/aromatic N) is 1. The van der Waals surface area contributed by atoms with Crippen molar-refractivity contribution in [3.63, 3.8) is 0 Å². The molecule has 110 valence electrons. The molecule has 0 atom stereocenters. The molecule has 0 aliphatic rings. The zero-order valence-electron chi connectivity index (χ0n) is 11.0. The summed E-state index contributed by atoms with van der Waals surface area (Å²) in [6, 6.07) is 4.38. The van der Waals surface area contributed by atoms with Crippen LogP contribution in [-0.2, 0) is 6.54 Å². The fourth-order valence-corrected chi connectivity index (χ4v) is 1.65. The van der Waals surface area contributed by atoms with Crippen molar-refractivity contribution in [1.29, 1.82) is 0 Å². The Bertz CT molecular complexity index is 684. The molecule has 7 nitrogen and oxygen atoms in total. The molecular formula is C13H12FN3O4. The Kier molecular flexibility index (Phi) is 4.17. The van der Waals surface area contributed by atoms with Gasteiger partial charge in [0, 0.05) is 6.07 Å². The Labute approximate surface area is 118 Å². The summed E-state index contributed by atoms with van der Waals surface area (Å²) in [6.07, 6.45) is 0. The first kappa shape index (κ1) is 14.5. The van der Waals surface area contributed by atoms with E-state index >= 15 is 0 Å². The lowest BCUT2D eigenvalue weighted by molar-refractivity contribution is 0.0697. The molecule has 1 heterocycles. The lowest BCUT2D eigenvalue weighted by Crippen LogP contribution is -2.29. The summed E-state index contributed by atoms with van der Waals surface area (Å²) in [4.78, 5) is 22.7. The number of urea groups is 1. The number of carbonyl (C=O) groups is 2. The highest BCUT2D eigenvalue weighted by Gasteiger charge is 2.16. The summed E-state index contributed by atoms with van der Waals surface area (Å²) in [5.74, 6) is -1.74. The average molecular weight is 293 g/mol. The van der Waals surface area contributed by atoms with Crippen LogP contribution in [-0.4, -0.2) is 22.3 Å². The molecule has 1 aromatic carbocycles. The molecule has 21 heavy (non-hydrogen) atoms. The van der Waals surface area contributed by atoms with Gasteiger partial charge in [-0.3, -0.25) is 0 Å². The number of hydrogen-bond acceptors (Lipinski definition) is 4. The number of aryl methyl sites for hydroxylation is 1. The van der Waals surface area contributed by atoms with Gasteiger partial charge in [-0.05, 0) is 19.1 Å². The Balaban J connectivity index is 2.04. The molecule has 2 aromatic rings. The van der Waals surface area contributed by atoms with E-state index in [-0.39, 0.29) is 12.1 Å². The van der Waals surface area contributed by atoms with Crippen molar-refractivity contribution in [3.05, 3.63) is 47.1 Å². The molecule has 0 bridgehead atoms. The number of para-hydroxylation sites is 1. The van der Waals surface area contributed by atoms with E-state index in [2.05, 4.69) is 15.8 Å². The van der Waals surface area contributed by atoms with Gasteiger partial charge in [0.25, 0.3) is 0 Å². The maximum atomic E-state index is 13.6. The Hall–Kier alpha value is -2.90. The summed E-state index contributed by atoms with van der Waals surface area (Å²) in [5.41, 5.74) is -0.0635. The SMILES string of the molecule is Cc1cc(CNC(=O)Nc2c(F)cccc2C(=O)O)on1. The molecule has 0 aliphatic heterocycles. The lowest BCUT2D eigenvalue weighted by atomic mass is 10.1. The van der Waals surface area contributed by atoms with Crippen molar-refractivity contribution < 1.29 is 23.6 Å². The van der Waals surface area contributed by atoms with Crippen molar-refractivity contribution in [2.75, 3.05) is 5.32 Å². The molecule has 0 fully saturated rings. The summed E-state index contributed by atoms with van der Waals surface area (Å²) in [6.45, 7) is 1.77. The van der Waals surface area contributed by atoms with Crippen LogP contribution in [0.5, 0.6) is 0 Å². The summed E-state index contributed by atoms with van der Waals surface area (Å²) < 4.78 is 18.5. The number of nitrogens with one attached hydrogen (secondary N) is 2. The van der Waals surface area contributed by atoms with Gasteiger partial charge in [0.2, 0.25) is 0 Å². The van der Waals surface area contributed by atoms with Crippen LogP contribution >= 0.6 is 0 Å². The number of anilines is 1. The molecule has 0 radical (unpaired) electrons. The van der Waals surface area contributed by atoms with E-state index in [1.165, 1.54) is 12.1 Å². The van der Waals surface area contributed by atoms with Gasteiger partial charge in [0.1, 0.15) is 5.82 Å². The van der Waals surface area contributed by atoms with E-state index in [0.717, 1.165) is 6.07 Å². The molecular weight excluding hydrogens is 281 g/mol. The number of rotatable bonds is 4. The van der Waals surface area contributed by atoms with Crippen molar-refractivity contribution in [2.24, 2.45) is 0 Å². The molecule has 0 aliphatic carbocycles. The zero-order chi connectivity index (χ0) is 15.4. The van der Waals surface area contributed by atoms with E-state index in [0.29, 0.717) is 11.5 Å². The quantitative estimate of drug-likeness (QED) is 0.801. The molecule has 0 saturated carbocycles. The van der Waals surface area contributed by atoms with Crippen molar-refractivity contribution in [1.82, 2.24) is 10.5 Å². The molecule has 2 amide bonds. The average Bonchev–Trinajstić information content (AvgIpc) is 2.84. The number of amides is 2. The van der Waals surface area contributed by atoms with Crippen LogP contribution in [0.4, 0.5) is 14.9 Å². The molecule has 0 saturated heterocycles. The van der Waals surface area contributed by atoms with Crippen molar-refractivity contribution in [2.45, 2.75) is 13.5 Å². The van der Waals surface area contributed by atoms with Crippen molar-refractivity contribution in [3.8, 4) is 0 Å². The Morgan fingerprint density at radius 1 is 1.43 bits per heavy atom. The maximum absolute atomic E-state index is 13.6. The van der Waals surface area contributed by atoms with Gasteiger partial charge in [-0.1, -0.05) is 11.2 Å². The monoisotopic (exact) mass is 293 g/mol. The third kappa shape index (κ3) is 3.56. The predicted octanol–water partition coefficient (Wildman–Crippen LogP) is 2.14. The number of aromatic carboxylic acids is 1. The summed E-state index contributed by atoms with van der Waals surface area (Å²) >= 11 is 0. The number of halogens is 1. The minimum absolute atomic E-state index is 0.0452. The summed E-state index contributed by atoms with van der Waals surface area (Å²) in [5, 5.41) is 17.2. The lowest BCUT2D eigenvalue weighted by Gasteiger charge is -2.09. The number of carboxylic acids is 1. The van der Waals surface area contributed by atoms with E-state index in [9.17, 15) is 14.0 Å². The minimum atomic E-state index is -1.34. The third-order valence-electron chi connectivity index (χ3n) is 2.58. The Morgan fingerprint density at radius 3 is 2.81 bits per heavy atom. The number of hydrogen-bond donors (Lipinski definition) is 3. The van der Waals surface area contributed by atoms with Gasteiger partial charge in [-0.15, -0.1) is 0 Å². The van der Waals surface area contributed by atoms with E-state index in [1.807, 2.05) is 0 Å². The van der Waals surface area contributed by atoms with E-state index < -0.39 is 23.5 Å². The van der Waals surface area contributed by atoms with Crippen LogP contribution in [0.2, 0.25) is 0 Å². The molecule has 8 heteroatoms. The van der Waals surface area contributed by atoms with Crippen LogP contribution in [0, 0.1) is 12.7 Å². The van der Waals surface area contributed by atoms with Gasteiger partial charge in [-0.2, -0.15) is 0 Å². The fraction of sp³-hybridized carbons (Fsp3) is 0.154. The number of carboxylic acid groups (broad SMARTS) is 1. The number of carbonyl (C=O) groups excluding carboxylic acids is 1. The highest BCUT2D eigenvalue weighted by molar-refractivity contribution is 6.00. The zero-order valence-corrected chi connectivity index (χ0v) is 11.0. The maximum Gasteiger partial charge on any atom is 0.337 e. The first-order chi connectivity index (χ1) is 9.97. The molecule has 0 spiro atoms. The first-order valence-corrected chi connectivity index (χ1v) is 5.96. The standard InChI is InChI=1S/C13H12FN3O4/c1-7-5-8(21-17-7)6-15-13(20)16-11-9(12(18)19)3-2-4-10(11)14/h2-5H,6H2,1H3,(H,18,19)(H2,15,16,20). The van der Waals surface area contributed by atoms with Crippen LogP contribution in [0.25, 0.3) is 0 Å². The fourth-order valence-electron chi connectivity index (χ4n) is 1.65. The Morgan fingerprint density at radius 2 is 2.19 bits per heavy atom. The molecule has 1 aromatic heterocycles. The van der Waals surface area contributed by atoms with Crippen LogP contribution in [0.1, 0.15) is 21.8 Å². The molecule has 2 rings (SSSR count). The van der Waals surface area contributed by atoms with Gasteiger partial charge >= 0.3 is 12.0 Å².